The van der Waals surface area contributed by atoms with Crippen LogP contribution in [-0.4, -0.2) is 10.2 Å². The van der Waals surface area contributed by atoms with Gasteiger partial charge < -0.3 is 9.15 Å². The van der Waals surface area contributed by atoms with Gasteiger partial charge in [-0.3, -0.25) is 0 Å². The van der Waals surface area contributed by atoms with Crippen molar-refractivity contribution in [1.29, 1.82) is 0 Å². The normalized spacial score (nSPS) is 10.7. The van der Waals surface area contributed by atoms with Gasteiger partial charge in [-0.15, -0.1) is 10.2 Å². The summed E-state index contributed by atoms with van der Waals surface area (Å²) in [7, 11) is 0. The predicted molar refractivity (Wildman–Crippen MR) is 91.1 cm³/mol. The van der Waals surface area contributed by atoms with Crippen LogP contribution in [0, 0.1) is 0 Å². The highest BCUT2D eigenvalue weighted by atomic mass is 35.5. The smallest absolute Gasteiger partial charge is 0.277 e. The summed E-state index contributed by atoms with van der Waals surface area (Å²) in [5.41, 5.74) is 1.03. The van der Waals surface area contributed by atoms with Crippen molar-refractivity contribution in [3.63, 3.8) is 0 Å². The largest absolute Gasteiger partial charge is 0.484 e. The van der Waals surface area contributed by atoms with Crippen LogP contribution in [0.4, 0.5) is 0 Å². The summed E-state index contributed by atoms with van der Waals surface area (Å²) in [5.74, 6) is 1.86. The summed E-state index contributed by atoms with van der Waals surface area (Å²) in [5, 5.41) is 9.52. The fourth-order valence-electron chi connectivity index (χ4n) is 1.79. The Balaban J connectivity index is 1.53. The van der Waals surface area contributed by atoms with E-state index in [0.717, 1.165) is 11.3 Å². The number of hydrogen-bond donors (Lipinski definition) is 0. The molecule has 0 aliphatic carbocycles. The van der Waals surface area contributed by atoms with Crippen LogP contribution in [0.1, 0.15) is 11.5 Å². The Labute approximate surface area is 147 Å². The molecule has 0 saturated carbocycles. The molecule has 3 aromatic rings. The fourth-order valence-corrected chi connectivity index (χ4v) is 2.84. The minimum Gasteiger partial charge on any atom is -0.484 e. The number of ether oxygens (including phenoxy) is 1. The zero-order valence-electron chi connectivity index (χ0n) is 11.9. The van der Waals surface area contributed by atoms with Gasteiger partial charge in [-0.25, -0.2) is 0 Å². The minimum absolute atomic E-state index is 0.240. The maximum absolute atomic E-state index is 5.99. The van der Waals surface area contributed by atoms with E-state index >= 15 is 0 Å². The van der Waals surface area contributed by atoms with Crippen molar-refractivity contribution in [3.8, 4) is 5.75 Å². The Morgan fingerprint density at radius 3 is 2.61 bits per heavy atom. The number of hydrogen-bond acceptors (Lipinski definition) is 5. The van der Waals surface area contributed by atoms with Gasteiger partial charge in [0.15, 0.2) is 6.61 Å². The molecule has 0 radical (unpaired) electrons. The number of aromatic nitrogens is 2. The van der Waals surface area contributed by atoms with Crippen molar-refractivity contribution in [2.75, 3.05) is 0 Å². The highest BCUT2D eigenvalue weighted by Crippen LogP contribution is 2.27. The molecule has 23 heavy (non-hydrogen) atoms. The molecule has 0 unspecified atom stereocenters. The van der Waals surface area contributed by atoms with E-state index in [9.17, 15) is 0 Å². The predicted octanol–water partition coefficient (Wildman–Crippen LogP) is 5.25. The SMILES string of the molecule is Clc1ccc(CSc2nnc(COc3ccccc3)o2)cc1Cl. The Morgan fingerprint density at radius 1 is 1.00 bits per heavy atom. The third-order valence-electron chi connectivity index (χ3n) is 2.90. The Hall–Kier alpha value is -1.69. The zero-order chi connectivity index (χ0) is 16.1. The van der Waals surface area contributed by atoms with Crippen molar-refractivity contribution in [2.45, 2.75) is 17.6 Å². The first-order valence-electron chi connectivity index (χ1n) is 6.77. The molecule has 1 aromatic heterocycles. The molecular weight excluding hydrogens is 355 g/mol. The molecule has 0 bridgehead atoms. The van der Waals surface area contributed by atoms with E-state index < -0.39 is 0 Å². The number of nitrogens with zero attached hydrogens (tertiary/aromatic N) is 2. The van der Waals surface area contributed by atoms with Crippen LogP contribution >= 0.6 is 35.0 Å². The molecule has 4 nitrogen and oxygen atoms in total. The average molecular weight is 367 g/mol. The lowest BCUT2D eigenvalue weighted by Crippen LogP contribution is -1.95. The molecule has 7 heteroatoms. The van der Waals surface area contributed by atoms with Crippen LogP contribution in [-0.2, 0) is 12.4 Å². The van der Waals surface area contributed by atoms with Crippen LogP contribution in [0.3, 0.4) is 0 Å². The molecular formula is C16H12Cl2N2O2S. The number of thioether (sulfide) groups is 1. The Morgan fingerprint density at radius 2 is 1.83 bits per heavy atom. The van der Waals surface area contributed by atoms with Gasteiger partial charge in [-0.1, -0.05) is 59.2 Å². The van der Waals surface area contributed by atoms with Gasteiger partial charge in [-0.05, 0) is 29.8 Å². The molecule has 2 aromatic carbocycles. The van der Waals surface area contributed by atoms with Crippen LogP contribution in [0.5, 0.6) is 5.75 Å². The minimum atomic E-state index is 0.240. The highest BCUT2D eigenvalue weighted by Gasteiger charge is 2.08. The van der Waals surface area contributed by atoms with Crippen molar-refractivity contribution in [2.24, 2.45) is 0 Å². The molecule has 0 saturated heterocycles. The third-order valence-corrected chi connectivity index (χ3v) is 4.53. The molecule has 0 aliphatic rings. The topological polar surface area (TPSA) is 48.2 Å². The number of para-hydroxylation sites is 1. The van der Waals surface area contributed by atoms with E-state index in [0.29, 0.717) is 26.9 Å². The van der Waals surface area contributed by atoms with Gasteiger partial charge >= 0.3 is 0 Å². The molecule has 0 aliphatic heterocycles. The lowest BCUT2D eigenvalue weighted by molar-refractivity contribution is 0.252. The standard InChI is InChI=1S/C16H12Cl2N2O2S/c17-13-7-6-11(8-14(13)18)10-23-16-20-19-15(22-16)9-21-12-4-2-1-3-5-12/h1-8H,9-10H2. The molecule has 0 amide bonds. The van der Waals surface area contributed by atoms with Crippen LogP contribution in [0.25, 0.3) is 0 Å². The summed E-state index contributed by atoms with van der Waals surface area (Å²) >= 11 is 13.3. The van der Waals surface area contributed by atoms with E-state index in [1.165, 1.54) is 11.8 Å². The van der Waals surface area contributed by atoms with Gasteiger partial charge in [0.25, 0.3) is 11.1 Å². The second-order valence-corrected chi connectivity index (χ2v) is 6.34. The van der Waals surface area contributed by atoms with Gasteiger partial charge in [-0.2, -0.15) is 0 Å². The van der Waals surface area contributed by atoms with E-state index in [1.54, 1.807) is 6.07 Å². The summed E-state index contributed by atoms with van der Waals surface area (Å²) in [6.07, 6.45) is 0. The monoisotopic (exact) mass is 366 g/mol. The first-order chi connectivity index (χ1) is 11.2. The van der Waals surface area contributed by atoms with Crippen molar-refractivity contribution < 1.29 is 9.15 Å². The van der Waals surface area contributed by atoms with Crippen LogP contribution in [0.2, 0.25) is 10.0 Å². The zero-order valence-corrected chi connectivity index (χ0v) is 14.2. The first kappa shape index (κ1) is 16.2. The second kappa shape index (κ2) is 7.73. The number of halogens is 2. The maximum atomic E-state index is 5.99. The van der Waals surface area contributed by atoms with E-state index in [1.807, 2.05) is 42.5 Å². The van der Waals surface area contributed by atoms with Gasteiger partial charge in [0.1, 0.15) is 5.75 Å². The van der Waals surface area contributed by atoms with E-state index in [2.05, 4.69) is 10.2 Å². The van der Waals surface area contributed by atoms with Crippen molar-refractivity contribution in [3.05, 3.63) is 70.0 Å². The molecule has 3 rings (SSSR count). The maximum Gasteiger partial charge on any atom is 0.277 e. The quantitative estimate of drug-likeness (QED) is 0.557. The number of benzene rings is 2. The molecule has 1 heterocycles. The molecule has 0 spiro atoms. The molecule has 0 fully saturated rings. The lowest BCUT2D eigenvalue weighted by atomic mass is 10.2. The Bertz CT molecular complexity index is 781. The third kappa shape index (κ3) is 4.64. The number of rotatable bonds is 6. The lowest BCUT2D eigenvalue weighted by Gasteiger charge is -2.02. The van der Waals surface area contributed by atoms with E-state index in [4.69, 9.17) is 32.4 Å². The molecule has 118 valence electrons. The average Bonchev–Trinajstić information content (AvgIpc) is 3.03. The molecule has 0 atom stereocenters. The van der Waals surface area contributed by atoms with Crippen molar-refractivity contribution in [1.82, 2.24) is 10.2 Å². The van der Waals surface area contributed by atoms with Gasteiger partial charge in [0, 0.05) is 5.75 Å². The van der Waals surface area contributed by atoms with E-state index in [-0.39, 0.29) is 6.61 Å². The summed E-state index contributed by atoms with van der Waals surface area (Å²) in [6.45, 7) is 0.240. The highest BCUT2D eigenvalue weighted by molar-refractivity contribution is 7.98. The van der Waals surface area contributed by atoms with Crippen molar-refractivity contribution >= 4 is 35.0 Å². The second-order valence-electron chi connectivity index (χ2n) is 4.60. The van der Waals surface area contributed by atoms with Gasteiger partial charge in [0.2, 0.25) is 0 Å². The van der Waals surface area contributed by atoms with Crippen LogP contribution < -0.4 is 4.74 Å². The fraction of sp³-hybridized carbons (Fsp3) is 0.125. The summed E-state index contributed by atoms with van der Waals surface area (Å²) in [6, 6.07) is 15.0. The Kier molecular flexibility index (Phi) is 5.43. The van der Waals surface area contributed by atoms with Gasteiger partial charge in [0.05, 0.1) is 10.0 Å². The molecule has 0 N–H and O–H groups in total. The van der Waals surface area contributed by atoms with Crippen LogP contribution in [0.15, 0.2) is 58.2 Å². The first-order valence-corrected chi connectivity index (χ1v) is 8.52. The summed E-state index contributed by atoms with van der Waals surface area (Å²) < 4.78 is 11.1. The summed E-state index contributed by atoms with van der Waals surface area (Å²) in [4.78, 5) is 0.